The Bertz CT molecular complexity index is 1030. The van der Waals surface area contributed by atoms with Crippen molar-refractivity contribution in [2.75, 3.05) is 20.0 Å². The maximum atomic E-state index is 12.4. The van der Waals surface area contributed by atoms with Gasteiger partial charge in [0.15, 0.2) is 11.5 Å². The Balaban J connectivity index is 1.64. The van der Waals surface area contributed by atoms with E-state index in [1.165, 1.54) is 24.2 Å². The molecule has 0 spiro atoms. The Morgan fingerprint density at radius 1 is 1.23 bits per heavy atom. The van der Waals surface area contributed by atoms with Gasteiger partial charge in [-0.05, 0) is 29.3 Å². The molecule has 0 radical (unpaired) electrons. The summed E-state index contributed by atoms with van der Waals surface area (Å²) in [5.41, 5.74) is 10.1. The first-order chi connectivity index (χ1) is 14.5. The summed E-state index contributed by atoms with van der Waals surface area (Å²) in [6.07, 6.45) is 2.01. The second-order valence-corrected chi connectivity index (χ2v) is 6.37. The van der Waals surface area contributed by atoms with E-state index in [-0.39, 0.29) is 17.9 Å². The van der Waals surface area contributed by atoms with Crippen molar-refractivity contribution in [3.8, 4) is 11.5 Å². The van der Waals surface area contributed by atoms with Crippen LogP contribution in [0.2, 0.25) is 0 Å². The number of nitrogens with zero attached hydrogens (tertiary/aromatic N) is 3. The summed E-state index contributed by atoms with van der Waals surface area (Å²) in [6.45, 7) is 0.123. The molecule has 4 N–H and O–H groups in total. The van der Waals surface area contributed by atoms with E-state index in [0.717, 1.165) is 5.56 Å². The van der Waals surface area contributed by atoms with E-state index in [9.17, 15) is 9.90 Å². The molecule has 0 saturated carbocycles. The molecule has 1 aromatic heterocycles. The number of rotatable bonds is 8. The first-order valence-corrected chi connectivity index (χ1v) is 9.13. The Hall–Kier alpha value is -3.85. The van der Waals surface area contributed by atoms with Gasteiger partial charge in [0, 0.05) is 0 Å². The van der Waals surface area contributed by atoms with Crippen LogP contribution in [0.3, 0.4) is 0 Å². The van der Waals surface area contributed by atoms with Gasteiger partial charge < -0.3 is 20.3 Å². The molecule has 0 aliphatic rings. The van der Waals surface area contributed by atoms with Crippen molar-refractivity contribution < 1.29 is 19.4 Å². The zero-order valence-electron chi connectivity index (χ0n) is 16.6. The molecule has 0 aliphatic carbocycles. The third-order valence-electron chi connectivity index (χ3n) is 4.44. The molecule has 0 fully saturated rings. The van der Waals surface area contributed by atoms with Crippen LogP contribution in [0.4, 0.5) is 5.82 Å². The van der Waals surface area contributed by atoms with Gasteiger partial charge in [-0.3, -0.25) is 4.79 Å². The summed E-state index contributed by atoms with van der Waals surface area (Å²) in [6, 6.07) is 14.4. The highest BCUT2D eigenvalue weighted by Crippen LogP contribution is 2.26. The van der Waals surface area contributed by atoms with Crippen LogP contribution >= 0.6 is 0 Å². The first kappa shape index (κ1) is 20.9. The SMILES string of the molecule is COc1ccc(/C=N\NC(=O)c2cnn(CC(O)c3ccccc3)c2N)cc1OC. The van der Waals surface area contributed by atoms with E-state index in [1.54, 1.807) is 37.4 Å². The van der Waals surface area contributed by atoms with Crippen LogP contribution in [0, 0.1) is 0 Å². The van der Waals surface area contributed by atoms with Gasteiger partial charge in [0.2, 0.25) is 0 Å². The fraction of sp³-hybridized carbons (Fsp3) is 0.190. The molecule has 9 heteroatoms. The van der Waals surface area contributed by atoms with Crippen LogP contribution < -0.4 is 20.6 Å². The highest BCUT2D eigenvalue weighted by molar-refractivity contribution is 5.98. The number of aliphatic hydroxyl groups is 1. The maximum absolute atomic E-state index is 12.4. The zero-order chi connectivity index (χ0) is 21.5. The number of aliphatic hydroxyl groups excluding tert-OH is 1. The number of hydrazone groups is 1. The standard InChI is InChI=1S/C21H23N5O4/c1-29-18-9-8-14(10-19(18)30-2)11-23-25-21(28)16-12-24-26(20(16)22)13-17(27)15-6-4-3-5-7-15/h3-12,17,27H,13,22H2,1-2H3,(H,25,28)/b23-11-. The molecule has 9 nitrogen and oxygen atoms in total. The van der Waals surface area contributed by atoms with Gasteiger partial charge >= 0.3 is 0 Å². The van der Waals surface area contributed by atoms with Crippen LogP contribution in [-0.2, 0) is 6.54 Å². The van der Waals surface area contributed by atoms with E-state index in [2.05, 4.69) is 15.6 Å². The Morgan fingerprint density at radius 3 is 2.67 bits per heavy atom. The quantitative estimate of drug-likeness (QED) is 0.386. The van der Waals surface area contributed by atoms with Crippen molar-refractivity contribution in [2.45, 2.75) is 12.6 Å². The number of hydrogen-bond acceptors (Lipinski definition) is 7. The van der Waals surface area contributed by atoms with E-state index < -0.39 is 12.0 Å². The summed E-state index contributed by atoms with van der Waals surface area (Å²) < 4.78 is 11.8. The van der Waals surface area contributed by atoms with Gasteiger partial charge in [-0.25, -0.2) is 10.1 Å². The topological polar surface area (TPSA) is 124 Å². The van der Waals surface area contributed by atoms with Crippen molar-refractivity contribution in [3.05, 3.63) is 71.4 Å². The first-order valence-electron chi connectivity index (χ1n) is 9.13. The number of benzene rings is 2. The number of nitrogen functional groups attached to an aromatic ring is 1. The monoisotopic (exact) mass is 409 g/mol. The lowest BCUT2D eigenvalue weighted by molar-refractivity contribution is 0.0955. The fourth-order valence-corrected chi connectivity index (χ4v) is 2.82. The molecule has 0 saturated heterocycles. The number of nitrogens with one attached hydrogen (secondary N) is 1. The van der Waals surface area contributed by atoms with Crippen molar-refractivity contribution in [1.82, 2.24) is 15.2 Å². The van der Waals surface area contributed by atoms with Gasteiger partial charge in [-0.15, -0.1) is 0 Å². The third kappa shape index (κ3) is 4.76. The minimum atomic E-state index is -0.799. The van der Waals surface area contributed by atoms with E-state index in [0.29, 0.717) is 17.1 Å². The minimum Gasteiger partial charge on any atom is -0.493 e. The van der Waals surface area contributed by atoms with Crippen molar-refractivity contribution in [1.29, 1.82) is 0 Å². The molecule has 1 amide bonds. The van der Waals surface area contributed by atoms with Gasteiger partial charge in [0.1, 0.15) is 11.4 Å². The van der Waals surface area contributed by atoms with Crippen molar-refractivity contribution in [3.63, 3.8) is 0 Å². The minimum absolute atomic E-state index is 0.123. The lowest BCUT2D eigenvalue weighted by atomic mass is 10.1. The summed E-state index contributed by atoms with van der Waals surface area (Å²) >= 11 is 0. The zero-order valence-corrected chi connectivity index (χ0v) is 16.6. The molecule has 1 heterocycles. The van der Waals surface area contributed by atoms with E-state index in [1.807, 2.05) is 18.2 Å². The number of ether oxygens (including phenoxy) is 2. The lowest BCUT2D eigenvalue weighted by Gasteiger charge is -2.12. The van der Waals surface area contributed by atoms with Crippen molar-refractivity contribution in [2.24, 2.45) is 5.10 Å². The van der Waals surface area contributed by atoms with Crippen LogP contribution in [-0.4, -0.2) is 41.2 Å². The molecule has 3 rings (SSSR count). The normalized spacial score (nSPS) is 12.0. The molecule has 30 heavy (non-hydrogen) atoms. The highest BCUT2D eigenvalue weighted by atomic mass is 16.5. The molecular formula is C21H23N5O4. The number of methoxy groups -OCH3 is 2. The predicted octanol–water partition coefficient (Wildman–Crippen LogP) is 1.98. The molecule has 156 valence electrons. The fourth-order valence-electron chi connectivity index (χ4n) is 2.82. The van der Waals surface area contributed by atoms with Gasteiger partial charge in [0.05, 0.1) is 39.3 Å². The number of aromatic nitrogens is 2. The second kappa shape index (κ2) is 9.57. The number of hydrogen-bond donors (Lipinski definition) is 3. The molecular weight excluding hydrogens is 386 g/mol. The van der Waals surface area contributed by atoms with Crippen LogP contribution in [0.15, 0.2) is 59.8 Å². The molecule has 3 aromatic rings. The number of nitrogens with two attached hydrogens (primary N) is 1. The van der Waals surface area contributed by atoms with Crippen molar-refractivity contribution >= 4 is 17.9 Å². The van der Waals surface area contributed by atoms with Gasteiger partial charge in [-0.1, -0.05) is 30.3 Å². The highest BCUT2D eigenvalue weighted by Gasteiger charge is 2.17. The van der Waals surface area contributed by atoms with Crippen LogP contribution in [0.25, 0.3) is 0 Å². The van der Waals surface area contributed by atoms with Crippen LogP contribution in [0.5, 0.6) is 11.5 Å². The Morgan fingerprint density at radius 2 is 1.97 bits per heavy atom. The molecule has 1 atom stereocenters. The third-order valence-corrected chi connectivity index (χ3v) is 4.44. The molecule has 0 bridgehead atoms. The smallest absolute Gasteiger partial charge is 0.276 e. The lowest BCUT2D eigenvalue weighted by Crippen LogP contribution is -2.19. The number of amides is 1. The van der Waals surface area contributed by atoms with Gasteiger partial charge in [-0.2, -0.15) is 10.2 Å². The Labute approximate surface area is 173 Å². The largest absolute Gasteiger partial charge is 0.493 e. The Kier molecular flexibility index (Phi) is 6.66. The number of carbonyl (C=O) groups excluding carboxylic acids is 1. The van der Waals surface area contributed by atoms with Gasteiger partial charge in [0.25, 0.3) is 5.91 Å². The average Bonchev–Trinajstić information content (AvgIpc) is 3.14. The summed E-state index contributed by atoms with van der Waals surface area (Å²) in [5.74, 6) is 0.778. The number of carbonyl (C=O) groups is 1. The maximum Gasteiger partial charge on any atom is 0.276 e. The molecule has 2 aromatic carbocycles. The molecule has 1 unspecified atom stereocenters. The summed E-state index contributed by atoms with van der Waals surface area (Å²) in [7, 11) is 3.09. The summed E-state index contributed by atoms with van der Waals surface area (Å²) in [5, 5.41) is 18.4. The molecule has 0 aliphatic heterocycles. The predicted molar refractivity (Wildman–Crippen MR) is 113 cm³/mol. The van der Waals surface area contributed by atoms with E-state index >= 15 is 0 Å². The second-order valence-electron chi connectivity index (χ2n) is 6.37. The number of anilines is 1. The average molecular weight is 409 g/mol. The van der Waals surface area contributed by atoms with E-state index in [4.69, 9.17) is 15.2 Å². The summed E-state index contributed by atoms with van der Waals surface area (Å²) in [4.78, 5) is 12.4. The van der Waals surface area contributed by atoms with Crippen LogP contribution in [0.1, 0.15) is 27.6 Å².